The number of halogens is 3. The molecule has 1 aromatic heterocycles. The van der Waals surface area contributed by atoms with Crippen molar-refractivity contribution in [2.45, 2.75) is 25.1 Å². The third kappa shape index (κ3) is 2.85. The van der Waals surface area contributed by atoms with Crippen LogP contribution in [0.25, 0.3) is 0 Å². The number of hydrogen-bond acceptors (Lipinski definition) is 1. The van der Waals surface area contributed by atoms with Gasteiger partial charge in [0.25, 0.3) is 0 Å². The molecule has 74 valence electrons. The van der Waals surface area contributed by atoms with Crippen LogP contribution in [0.2, 0.25) is 8.67 Å². The molecule has 0 radical (unpaired) electrons. The zero-order valence-electron chi connectivity index (χ0n) is 7.48. The van der Waals surface area contributed by atoms with Crippen LogP contribution < -0.4 is 0 Å². The van der Waals surface area contributed by atoms with Crippen LogP contribution in [0, 0.1) is 5.92 Å². The molecule has 2 atom stereocenters. The van der Waals surface area contributed by atoms with Gasteiger partial charge in [-0.1, -0.05) is 59.4 Å². The summed E-state index contributed by atoms with van der Waals surface area (Å²) in [6.45, 7) is 4.36. The molecule has 13 heavy (non-hydrogen) atoms. The van der Waals surface area contributed by atoms with Gasteiger partial charge in [0.15, 0.2) is 0 Å². The molecule has 1 heterocycles. The average Bonchev–Trinajstić information content (AvgIpc) is 2.42. The topological polar surface area (TPSA) is 0 Å². The lowest BCUT2D eigenvalue weighted by Crippen LogP contribution is -2.00. The predicted octanol–water partition coefficient (Wildman–Crippen LogP) is 5.54. The van der Waals surface area contributed by atoms with Crippen LogP contribution in [0.4, 0.5) is 0 Å². The van der Waals surface area contributed by atoms with Crippen LogP contribution in [-0.2, 0) is 0 Å². The highest BCUT2D eigenvalue weighted by molar-refractivity contribution is 9.09. The van der Waals surface area contributed by atoms with Crippen LogP contribution in [-0.4, -0.2) is 0 Å². The van der Waals surface area contributed by atoms with Crippen molar-refractivity contribution in [3.8, 4) is 0 Å². The Balaban J connectivity index is 2.87. The quantitative estimate of drug-likeness (QED) is 0.643. The van der Waals surface area contributed by atoms with Crippen molar-refractivity contribution in [2.75, 3.05) is 0 Å². The molecular formula is C9H11BrCl2S. The fourth-order valence-electron chi connectivity index (χ4n) is 1.05. The summed E-state index contributed by atoms with van der Waals surface area (Å²) in [6.07, 6.45) is 1.12. The van der Waals surface area contributed by atoms with Crippen molar-refractivity contribution < 1.29 is 0 Å². The number of hydrogen-bond donors (Lipinski definition) is 0. The summed E-state index contributed by atoms with van der Waals surface area (Å²) >= 11 is 17.0. The number of thiophene rings is 1. The number of alkyl halides is 1. The molecule has 0 bridgehead atoms. The molecule has 2 unspecified atom stereocenters. The zero-order chi connectivity index (χ0) is 10.0. The summed E-state index contributed by atoms with van der Waals surface area (Å²) in [4.78, 5) is 0.314. The molecule has 0 aliphatic rings. The lowest BCUT2D eigenvalue weighted by atomic mass is 10.0. The maximum Gasteiger partial charge on any atom is 0.0987 e. The van der Waals surface area contributed by atoms with Crippen LogP contribution in [0.15, 0.2) is 6.07 Å². The Bertz CT molecular complexity index is 285. The van der Waals surface area contributed by atoms with Crippen LogP contribution >= 0.6 is 50.5 Å². The van der Waals surface area contributed by atoms with Gasteiger partial charge in [0.2, 0.25) is 0 Å². The molecule has 0 fully saturated rings. The fourth-order valence-corrected chi connectivity index (χ4v) is 3.62. The minimum Gasteiger partial charge on any atom is -0.111 e. The average molecular weight is 302 g/mol. The van der Waals surface area contributed by atoms with Crippen LogP contribution in [0.3, 0.4) is 0 Å². The highest BCUT2D eigenvalue weighted by Gasteiger charge is 2.19. The Morgan fingerprint density at radius 3 is 2.54 bits per heavy atom. The zero-order valence-corrected chi connectivity index (χ0v) is 11.4. The molecule has 1 rings (SSSR count). The number of rotatable bonds is 3. The molecule has 4 heteroatoms. The Morgan fingerprint density at radius 1 is 1.54 bits per heavy atom. The van der Waals surface area contributed by atoms with Gasteiger partial charge in [-0.05, 0) is 17.5 Å². The van der Waals surface area contributed by atoms with E-state index in [1.54, 1.807) is 0 Å². The lowest BCUT2D eigenvalue weighted by molar-refractivity contribution is 0.556. The maximum absolute atomic E-state index is 6.05. The van der Waals surface area contributed by atoms with Crippen LogP contribution in [0.5, 0.6) is 0 Å². The van der Waals surface area contributed by atoms with E-state index in [-0.39, 0.29) is 0 Å². The second-order valence-electron chi connectivity index (χ2n) is 3.07. The van der Waals surface area contributed by atoms with E-state index in [4.69, 9.17) is 23.2 Å². The molecule has 0 nitrogen and oxygen atoms in total. The van der Waals surface area contributed by atoms with Gasteiger partial charge >= 0.3 is 0 Å². The molecule has 0 N–H and O–H groups in total. The van der Waals surface area contributed by atoms with Gasteiger partial charge in [-0.3, -0.25) is 0 Å². The molecular weight excluding hydrogens is 291 g/mol. The van der Waals surface area contributed by atoms with Gasteiger partial charge in [0.05, 0.1) is 8.67 Å². The van der Waals surface area contributed by atoms with Crippen molar-refractivity contribution in [2.24, 2.45) is 5.92 Å². The van der Waals surface area contributed by atoms with Gasteiger partial charge in [-0.25, -0.2) is 0 Å². The Morgan fingerprint density at radius 2 is 2.15 bits per heavy atom. The normalized spacial score (nSPS) is 15.8. The summed E-state index contributed by atoms with van der Waals surface area (Å²) in [7, 11) is 0. The molecule has 0 saturated carbocycles. The van der Waals surface area contributed by atoms with Crippen molar-refractivity contribution in [3.63, 3.8) is 0 Å². The second kappa shape index (κ2) is 5.01. The van der Waals surface area contributed by atoms with Gasteiger partial charge in [0, 0.05) is 4.83 Å². The van der Waals surface area contributed by atoms with Gasteiger partial charge in [-0.15, -0.1) is 11.3 Å². The molecule has 0 saturated heterocycles. The van der Waals surface area contributed by atoms with E-state index < -0.39 is 0 Å². The SMILES string of the molecule is CCC(C)C(Br)c1cc(Cl)sc1Cl. The monoisotopic (exact) mass is 300 g/mol. The first-order valence-corrected chi connectivity index (χ1v) is 6.63. The smallest absolute Gasteiger partial charge is 0.0987 e. The van der Waals surface area contributed by atoms with Crippen LogP contribution in [0.1, 0.15) is 30.7 Å². The highest BCUT2D eigenvalue weighted by Crippen LogP contribution is 2.42. The van der Waals surface area contributed by atoms with Gasteiger partial charge in [-0.2, -0.15) is 0 Å². The third-order valence-corrected chi connectivity index (χ3v) is 5.04. The molecule has 1 aromatic rings. The Labute approximate surface area is 101 Å². The summed E-state index contributed by atoms with van der Waals surface area (Å²) in [5.74, 6) is 0.572. The first-order chi connectivity index (χ1) is 6.06. The minimum atomic E-state index is 0.314. The predicted molar refractivity (Wildman–Crippen MR) is 65.5 cm³/mol. The third-order valence-electron chi connectivity index (χ3n) is 2.12. The van der Waals surface area contributed by atoms with E-state index in [1.165, 1.54) is 11.3 Å². The minimum absolute atomic E-state index is 0.314. The van der Waals surface area contributed by atoms with Gasteiger partial charge < -0.3 is 0 Å². The van der Waals surface area contributed by atoms with Crippen molar-refractivity contribution >= 4 is 50.5 Å². The summed E-state index contributed by atoms with van der Waals surface area (Å²) in [5.41, 5.74) is 1.12. The van der Waals surface area contributed by atoms with E-state index >= 15 is 0 Å². The van der Waals surface area contributed by atoms with Crippen molar-refractivity contribution in [1.82, 2.24) is 0 Å². The van der Waals surface area contributed by atoms with Gasteiger partial charge in [0.1, 0.15) is 0 Å². The Hall–Kier alpha value is 0.760. The standard InChI is InChI=1S/C9H11BrCl2S/c1-3-5(2)8(10)6-4-7(11)13-9(6)12/h4-5,8H,3H2,1-2H3. The first-order valence-electron chi connectivity index (χ1n) is 4.15. The molecule has 0 aliphatic carbocycles. The van der Waals surface area contributed by atoms with E-state index in [0.717, 1.165) is 20.7 Å². The summed E-state index contributed by atoms with van der Waals surface area (Å²) < 4.78 is 1.56. The summed E-state index contributed by atoms with van der Waals surface area (Å²) in [5, 5.41) is 0. The lowest BCUT2D eigenvalue weighted by Gasteiger charge is -2.15. The van der Waals surface area contributed by atoms with Crippen molar-refractivity contribution in [1.29, 1.82) is 0 Å². The molecule has 0 amide bonds. The highest BCUT2D eigenvalue weighted by atomic mass is 79.9. The van der Waals surface area contributed by atoms with E-state index in [9.17, 15) is 0 Å². The van der Waals surface area contributed by atoms with Crippen molar-refractivity contribution in [3.05, 3.63) is 20.3 Å². The van der Waals surface area contributed by atoms with E-state index in [0.29, 0.717) is 10.7 Å². The fraction of sp³-hybridized carbons (Fsp3) is 0.556. The molecule has 0 aliphatic heterocycles. The molecule has 0 spiro atoms. The molecule has 0 aromatic carbocycles. The van der Waals surface area contributed by atoms with E-state index in [2.05, 4.69) is 29.8 Å². The largest absolute Gasteiger partial charge is 0.111 e. The first kappa shape index (κ1) is 11.8. The maximum atomic E-state index is 6.05. The summed E-state index contributed by atoms with van der Waals surface area (Å²) in [6, 6.07) is 1.94. The Kier molecular flexibility index (Phi) is 4.56. The second-order valence-corrected chi connectivity index (χ2v) is 6.34. The van der Waals surface area contributed by atoms with E-state index in [1.807, 2.05) is 6.07 Å².